The van der Waals surface area contributed by atoms with Gasteiger partial charge >= 0.3 is 0 Å². The summed E-state index contributed by atoms with van der Waals surface area (Å²) < 4.78 is 0. The first-order chi connectivity index (χ1) is 3.18. The molecular formula is C4H9N2O. The van der Waals surface area contributed by atoms with Gasteiger partial charge in [0.25, 0.3) is 0 Å². The maximum Gasteiger partial charge on any atom is 0.223 e. The zero-order valence-corrected chi connectivity index (χ0v) is 4.29. The smallest absolute Gasteiger partial charge is 0.223 e. The maximum absolute atomic E-state index is 9.71. The second-order valence-electron chi connectivity index (χ2n) is 1.40. The van der Waals surface area contributed by atoms with Gasteiger partial charge in [0.05, 0.1) is 0 Å². The Bertz CT molecular complexity index is 62.7. The Labute approximate surface area is 43.1 Å². The van der Waals surface area contributed by atoms with Gasteiger partial charge in [-0.05, 0) is 13.8 Å². The first-order valence-corrected chi connectivity index (χ1v) is 2.00. The van der Waals surface area contributed by atoms with Crippen LogP contribution in [-0.4, -0.2) is 17.5 Å². The number of carbonyl (C=O) groups excluding carboxylic acids is 1. The Kier molecular flexibility index (Phi) is 2.37. The number of hydrogen-bond acceptors (Lipinski definition) is 2. The Hall–Kier alpha value is -0.570. The molecule has 0 heterocycles. The van der Waals surface area contributed by atoms with Gasteiger partial charge in [0.15, 0.2) is 0 Å². The fourth-order valence-electron chi connectivity index (χ4n) is 0.104. The summed E-state index contributed by atoms with van der Waals surface area (Å²) in [5.41, 5.74) is 0. The van der Waals surface area contributed by atoms with Crippen molar-refractivity contribution < 1.29 is 4.79 Å². The highest BCUT2D eigenvalue weighted by atomic mass is 16.1. The van der Waals surface area contributed by atoms with Crippen LogP contribution in [0.2, 0.25) is 0 Å². The van der Waals surface area contributed by atoms with Crippen LogP contribution >= 0.6 is 0 Å². The minimum absolute atomic E-state index is 0.141. The number of nitrogens with zero attached hydrogens (tertiary/aromatic N) is 1. The van der Waals surface area contributed by atoms with Crippen LogP contribution < -0.4 is 5.84 Å². The normalized spacial score (nSPS) is 9.14. The van der Waals surface area contributed by atoms with Crippen LogP contribution in [0.5, 0.6) is 0 Å². The third-order valence-electron chi connectivity index (χ3n) is 0.631. The van der Waals surface area contributed by atoms with Crippen molar-refractivity contribution in [3.05, 3.63) is 6.92 Å². The highest BCUT2D eigenvalue weighted by Crippen LogP contribution is 1.80. The fourth-order valence-corrected chi connectivity index (χ4v) is 0.104. The van der Waals surface area contributed by atoms with Gasteiger partial charge in [0, 0.05) is 6.04 Å². The second-order valence-corrected chi connectivity index (χ2v) is 1.40. The van der Waals surface area contributed by atoms with E-state index in [2.05, 4.69) is 6.92 Å². The van der Waals surface area contributed by atoms with E-state index in [0.717, 1.165) is 5.01 Å². The molecule has 0 fully saturated rings. The molecule has 3 heteroatoms. The van der Waals surface area contributed by atoms with Crippen molar-refractivity contribution >= 4 is 6.41 Å². The van der Waals surface area contributed by atoms with Crippen LogP contribution in [-0.2, 0) is 4.79 Å². The number of amides is 1. The molecule has 3 nitrogen and oxygen atoms in total. The van der Waals surface area contributed by atoms with Gasteiger partial charge in [-0.25, -0.2) is 5.84 Å². The van der Waals surface area contributed by atoms with Crippen molar-refractivity contribution in [2.45, 2.75) is 13.0 Å². The first-order valence-electron chi connectivity index (χ1n) is 2.00. The van der Waals surface area contributed by atoms with Crippen LogP contribution in [0.4, 0.5) is 0 Å². The van der Waals surface area contributed by atoms with E-state index in [9.17, 15) is 4.79 Å². The fraction of sp³-hybridized carbons (Fsp3) is 0.500. The van der Waals surface area contributed by atoms with E-state index in [0.29, 0.717) is 6.41 Å². The molecule has 0 rings (SSSR count). The molecule has 0 saturated heterocycles. The molecular weight excluding hydrogens is 92.1 g/mol. The van der Waals surface area contributed by atoms with Crippen molar-refractivity contribution in [1.82, 2.24) is 5.01 Å². The zero-order chi connectivity index (χ0) is 5.86. The Morgan fingerprint density at radius 1 is 2.00 bits per heavy atom. The van der Waals surface area contributed by atoms with Gasteiger partial charge in [-0.15, -0.1) is 0 Å². The summed E-state index contributed by atoms with van der Waals surface area (Å²) in [6.45, 7) is 5.21. The predicted octanol–water partition coefficient (Wildman–Crippen LogP) is -0.459. The van der Waals surface area contributed by atoms with Crippen molar-refractivity contribution in [2.75, 3.05) is 0 Å². The molecule has 7 heavy (non-hydrogen) atoms. The number of rotatable bonds is 2. The lowest BCUT2D eigenvalue weighted by Gasteiger charge is -2.12. The molecule has 0 saturated carbocycles. The van der Waals surface area contributed by atoms with Gasteiger partial charge < -0.3 is 0 Å². The average Bonchev–Trinajstić information content (AvgIpc) is 1.65. The molecule has 0 aromatic rings. The summed E-state index contributed by atoms with van der Waals surface area (Å²) >= 11 is 0. The standard InChI is InChI=1S/C4H9N2O/c1-4(2)6(5)3-7/h3-4H,1,5H2,2H3. The number of carbonyl (C=O) groups is 1. The second kappa shape index (κ2) is 2.58. The summed E-state index contributed by atoms with van der Waals surface area (Å²) in [6, 6.07) is -0.141. The molecule has 0 aliphatic heterocycles. The molecule has 0 bridgehead atoms. The maximum atomic E-state index is 9.71. The summed E-state index contributed by atoms with van der Waals surface area (Å²) in [6.07, 6.45) is 0.539. The van der Waals surface area contributed by atoms with E-state index < -0.39 is 0 Å². The van der Waals surface area contributed by atoms with Gasteiger partial charge in [-0.2, -0.15) is 0 Å². The van der Waals surface area contributed by atoms with Gasteiger partial charge in [-0.1, -0.05) is 0 Å². The van der Waals surface area contributed by atoms with Crippen molar-refractivity contribution in [3.63, 3.8) is 0 Å². The summed E-state index contributed by atoms with van der Waals surface area (Å²) in [4.78, 5) is 9.71. The topological polar surface area (TPSA) is 46.3 Å². The van der Waals surface area contributed by atoms with E-state index in [-0.39, 0.29) is 6.04 Å². The molecule has 1 unspecified atom stereocenters. The lowest BCUT2D eigenvalue weighted by Crippen LogP contribution is -2.35. The van der Waals surface area contributed by atoms with Crippen molar-refractivity contribution in [1.29, 1.82) is 0 Å². The SMILES string of the molecule is [CH2]C(C)N(N)C=O. The highest BCUT2D eigenvalue weighted by Gasteiger charge is 1.95. The molecule has 41 valence electrons. The van der Waals surface area contributed by atoms with E-state index in [1.807, 2.05) is 0 Å². The van der Waals surface area contributed by atoms with Gasteiger partial charge in [0.1, 0.15) is 0 Å². The lowest BCUT2D eigenvalue weighted by molar-refractivity contribution is -0.119. The molecule has 0 aromatic heterocycles. The molecule has 1 radical (unpaired) electrons. The highest BCUT2D eigenvalue weighted by molar-refractivity contribution is 5.46. The first kappa shape index (κ1) is 6.43. The van der Waals surface area contributed by atoms with Crippen molar-refractivity contribution in [3.8, 4) is 0 Å². The Balaban J connectivity index is 3.33. The van der Waals surface area contributed by atoms with Crippen LogP contribution in [0.3, 0.4) is 0 Å². The largest absolute Gasteiger partial charge is 0.281 e. The van der Waals surface area contributed by atoms with Crippen LogP contribution in [0, 0.1) is 6.92 Å². The third kappa shape index (κ3) is 2.17. The third-order valence-corrected chi connectivity index (χ3v) is 0.631. The zero-order valence-electron chi connectivity index (χ0n) is 4.29. The Morgan fingerprint density at radius 2 is 2.43 bits per heavy atom. The van der Waals surface area contributed by atoms with Gasteiger partial charge in [0.2, 0.25) is 6.41 Å². The van der Waals surface area contributed by atoms with E-state index in [1.54, 1.807) is 6.92 Å². The van der Waals surface area contributed by atoms with E-state index in [1.165, 1.54) is 0 Å². The Morgan fingerprint density at radius 3 is 2.43 bits per heavy atom. The molecule has 0 aromatic carbocycles. The predicted molar refractivity (Wildman–Crippen MR) is 26.9 cm³/mol. The number of nitrogens with two attached hydrogens (primary N) is 1. The van der Waals surface area contributed by atoms with Crippen LogP contribution in [0.1, 0.15) is 6.92 Å². The number of hydrazine groups is 1. The summed E-state index contributed by atoms with van der Waals surface area (Å²) in [5.74, 6) is 5.02. The molecule has 0 aliphatic carbocycles. The number of hydrogen-bond donors (Lipinski definition) is 1. The lowest BCUT2D eigenvalue weighted by atomic mass is 10.4. The molecule has 0 aliphatic rings. The summed E-state index contributed by atoms with van der Waals surface area (Å²) in [7, 11) is 0. The van der Waals surface area contributed by atoms with Crippen LogP contribution in [0.15, 0.2) is 0 Å². The van der Waals surface area contributed by atoms with E-state index in [4.69, 9.17) is 5.84 Å². The molecule has 1 amide bonds. The molecule has 1 atom stereocenters. The average molecular weight is 101 g/mol. The van der Waals surface area contributed by atoms with E-state index >= 15 is 0 Å². The monoisotopic (exact) mass is 101 g/mol. The molecule has 0 spiro atoms. The van der Waals surface area contributed by atoms with Crippen molar-refractivity contribution in [2.24, 2.45) is 5.84 Å². The molecule has 2 N–H and O–H groups in total. The van der Waals surface area contributed by atoms with Crippen LogP contribution in [0.25, 0.3) is 0 Å². The minimum Gasteiger partial charge on any atom is -0.281 e. The quantitative estimate of drug-likeness (QED) is 0.221. The van der Waals surface area contributed by atoms with Gasteiger partial charge in [-0.3, -0.25) is 9.80 Å². The summed E-state index contributed by atoms with van der Waals surface area (Å²) in [5, 5.41) is 1.00. The minimum atomic E-state index is -0.141.